The molecule has 0 atom stereocenters. The van der Waals surface area contributed by atoms with Crippen LogP contribution in [0, 0.1) is 6.92 Å². The van der Waals surface area contributed by atoms with E-state index in [1.165, 1.54) is 35.2 Å². The molecule has 3 rings (SSSR count). The van der Waals surface area contributed by atoms with Gasteiger partial charge in [-0.3, -0.25) is 0 Å². The Labute approximate surface area is 131 Å². The predicted octanol–water partition coefficient (Wildman–Crippen LogP) is 4.64. The number of halogens is 1. The number of aryl methyl sites for hydroxylation is 2. The van der Waals surface area contributed by atoms with Crippen molar-refractivity contribution in [2.24, 2.45) is 0 Å². The molecule has 0 amide bonds. The topological polar surface area (TPSA) is 15.3 Å². The van der Waals surface area contributed by atoms with E-state index in [1.54, 1.807) is 0 Å². The molecule has 2 aromatic rings. The van der Waals surface area contributed by atoms with Crippen LogP contribution in [-0.2, 0) is 13.0 Å². The first-order valence-electron chi connectivity index (χ1n) is 7.47. The number of fused-ring (bicyclic) bond motifs is 1. The van der Waals surface area contributed by atoms with Crippen molar-refractivity contribution >= 4 is 23.0 Å². The molecule has 0 saturated heterocycles. The van der Waals surface area contributed by atoms with Crippen molar-refractivity contribution < 1.29 is 0 Å². The smallest absolute Gasteiger partial charge is 0.0640 e. The molecule has 0 saturated carbocycles. The minimum absolute atomic E-state index is 0.785. The largest absolute Gasteiger partial charge is 0.380 e. The lowest BCUT2D eigenvalue weighted by atomic mass is 9.99. The molecule has 1 heterocycles. The first-order valence-corrected chi connectivity index (χ1v) is 7.85. The van der Waals surface area contributed by atoms with Crippen molar-refractivity contribution in [1.82, 2.24) is 0 Å². The van der Waals surface area contributed by atoms with Crippen molar-refractivity contribution in [3.8, 4) is 0 Å². The number of nitrogens with one attached hydrogen (secondary N) is 1. The Kier molecular flexibility index (Phi) is 4.07. The summed E-state index contributed by atoms with van der Waals surface area (Å²) < 4.78 is 0. The van der Waals surface area contributed by atoms with E-state index >= 15 is 0 Å². The molecule has 21 heavy (non-hydrogen) atoms. The molecule has 0 bridgehead atoms. The van der Waals surface area contributed by atoms with Crippen molar-refractivity contribution in [1.29, 1.82) is 0 Å². The number of anilines is 2. The maximum atomic E-state index is 6.26. The van der Waals surface area contributed by atoms with Gasteiger partial charge in [-0.2, -0.15) is 0 Å². The fraction of sp³-hybridized carbons (Fsp3) is 0.333. The molecule has 0 aromatic heterocycles. The zero-order valence-electron chi connectivity index (χ0n) is 12.6. The molecule has 1 aliphatic heterocycles. The third-order valence-electron chi connectivity index (χ3n) is 4.19. The van der Waals surface area contributed by atoms with Gasteiger partial charge in [0.2, 0.25) is 0 Å². The Morgan fingerprint density at radius 2 is 2.10 bits per heavy atom. The van der Waals surface area contributed by atoms with Gasteiger partial charge >= 0.3 is 0 Å². The summed E-state index contributed by atoms with van der Waals surface area (Å²) >= 11 is 6.26. The number of rotatable bonds is 3. The van der Waals surface area contributed by atoms with Crippen molar-refractivity contribution in [3.63, 3.8) is 0 Å². The maximum Gasteiger partial charge on any atom is 0.0640 e. The molecule has 0 radical (unpaired) electrons. The van der Waals surface area contributed by atoms with Crippen molar-refractivity contribution in [3.05, 3.63) is 58.1 Å². The number of para-hydroxylation sites is 1. The summed E-state index contributed by atoms with van der Waals surface area (Å²) in [7, 11) is 2.17. The van der Waals surface area contributed by atoms with Crippen LogP contribution in [0.3, 0.4) is 0 Å². The zero-order valence-corrected chi connectivity index (χ0v) is 13.4. The summed E-state index contributed by atoms with van der Waals surface area (Å²) in [6, 6.07) is 12.8. The molecule has 1 N–H and O–H groups in total. The van der Waals surface area contributed by atoms with E-state index in [1.807, 2.05) is 12.1 Å². The number of hydrogen-bond acceptors (Lipinski definition) is 2. The van der Waals surface area contributed by atoms with Crippen LogP contribution >= 0.6 is 11.6 Å². The molecule has 2 aromatic carbocycles. The van der Waals surface area contributed by atoms with Crippen LogP contribution in [-0.4, -0.2) is 13.6 Å². The van der Waals surface area contributed by atoms with Gasteiger partial charge in [0.15, 0.2) is 0 Å². The van der Waals surface area contributed by atoms with Crippen LogP contribution in [0.15, 0.2) is 36.4 Å². The van der Waals surface area contributed by atoms with Crippen LogP contribution in [0.25, 0.3) is 0 Å². The maximum absolute atomic E-state index is 6.26. The van der Waals surface area contributed by atoms with E-state index in [0.717, 1.165) is 23.8 Å². The molecule has 3 heteroatoms. The fourth-order valence-corrected chi connectivity index (χ4v) is 3.28. The zero-order chi connectivity index (χ0) is 14.8. The van der Waals surface area contributed by atoms with E-state index in [-0.39, 0.29) is 0 Å². The highest BCUT2D eigenvalue weighted by molar-refractivity contribution is 6.33. The highest BCUT2D eigenvalue weighted by Crippen LogP contribution is 2.28. The molecule has 0 spiro atoms. The Morgan fingerprint density at radius 3 is 2.90 bits per heavy atom. The number of nitrogens with zero attached hydrogens (tertiary/aromatic N) is 1. The third-order valence-corrected chi connectivity index (χ3v) is 4.50. The minimum Gasteiger partial charge on any atom is -0.380 e. The Bertz CT molecular complexity index is 631. The van der Waals surface area contributed by atoms with Gasteiger partial charge in [0, 0.05) is 25.8 Å². The molecule has 2 nitrogen and oxygen atoms in total. The van der Waals surface area contributed by atoms with Gasteiger partial charge in [-0.1, -0.05) is 35.9 Å². The van der Waals surface area contributed by atoms with Gasteiger partial charge in [0.25, 0.3) is 0 Å². The van der Waals surface area contributed by atoms with E-state index in [0.29, 0.717) is 0 Å². The summed E-state index contributed by atoms with van der Waals surface area (Å²) in [5.74, 6) is 0. The lowest BCUT2D eigenvalue weighted by molar-refractivity contribution is 0.743. The Balaban J connectivity index is 1.77. The lowest BCUT2D eigenvalue weighted by Crippen LogP contribution is -2.24. The molecule has 0 fully saturated rings. The normalized spacial score (nSPS) is 14.0. The SMILES string of the molecule is Cc1cccc(Cl)c1NCc1ccc2c(c1)CCCN2C. The van der Waals surface area contributed by atoms with Crippen LogP contribution < -0.4 is 10.2 Å². The Hall–Kier alpha value is -1.67. The molecule has 0 aliphatic carbocycles. The summed E-state index contributed by atoms with van der Waals surface area (Å²) in [4.78, 5) is 2.34. The monoisotopic (exact) mass is 300 g/mol. The van der Waals surface area contributed by atoms with Gasteiger partial charge in [0.1, 0.15) is 0 Å². The van der Waals surface area contributed by atoms with E-state index in [9.17, 15) is 0 Å². The second kappa shape index (κ2) is 5.98. The second-order valence-electron chi connectivity index (χ2n) is 5.77. The number of hydrogen-bond donors (Lipinski definition) is 1. The highest BCUT2D eigenvalue weighted by atomic mass is 35.5. The van der Waals surface area contributed by atoms with Gasteiger partial charge in [-0.15, -0.1) is 0 Å². The van der Waals surface area contributed by atoms with Gasteiger partial charge < -0.3 is 10.2 Å². The highest BCUT2D eigenvalue weighted by Gasteiger charge is 2.13. The van der Waals surface area contributed by atoms with E-state index < -0.39 is 0 Å². The molecule has 1 aliphatic rings. The average molecular weight is 301 g/mol. The predicted molar refractivity (Wildman–Crippen MR) is 91.5 cm³/mol. The summed E-state index contributed by atoms with van der Waals surface area (Å²) in [5.41, 5.74) is 6.36. The molecular weight excluding hydrogens is 280 g/mol. The number of benzene rings is 2. The standard InChI is InChI=1S/C18H21ClN2/c1-13-5-3-7-16(19)18(13)20-12-14-8-9-17-15(11-14)6-4-10-21(17)2/h3,5,7-9,11,20H,4,6,10,12H2,1-2H3. The first kappa shape index (κ1) is 14.3. The van der Waals surface area contributed by atoms with E-state index in [4.69, 9.17) is 11.6 Å². The van der Waals surface area contributed by atoms with Crippen LogP contribution in [0.4, 0.5) is 11.4 Å². The quantitative estimate of drug-likeness (QED) is 0.888. The molecular formula is C18H21ClN2. The Morgan fingerprint density at radius 1 is 1.24 bits per heavy atom. The average Bonchev–Trinajstić information content (AvgIpc) is 2.47. The second-order valence-corrected chi connectivity index (χ2v) is 6.18. The van der Waals surface area contributed by atoms with Crippen LogP contribution in [0.1, 0.15) is 23.1 Å². The third kappa shape index (κ3) is 3.01. The van der Waals surface area contributed by atoms with Gasteiger partial charge in [0.05, 0.1) is 10.7 Å². The summed E-state index contributed by atoms with van der Waals surface area (Å²) in [5, 5.41) is 4.25. The minimum atomic E-state index is 0.785. The summed E-state index contributed by atoms with van der Waals surface area (Å²) in [6.45, 7) is 4.04. The van der Waals surface area contributed by atoms with Crippen LogP contribution in [0.2, 0.25) is 5.02 Å². The van der Waals surface area contributed by atoms with Gasteiger partial charge in [-0.05, 0) is 48.6 Å². The van der Waals surface area contributed by atoms with Crippen molar-refractivity contribution in [2.45, 2.75) is 26.3 Å². The summed E-state index contributed by atoms with van der Waals surface area (Å²) in [6.07, 6.45) is 2.42. The molecule has 110 valence electrons. The van der Waals surface area contributed by atoms with Crippen LogP contribution in [0.5, 0.6) is 0 Å². The molecule has 0 unspecified atom stereocenters. The fourth-order valence-electron chi connectivity index (χ4n) is 2.99. The lowest BCUT2D eigenvalue weighted by Gasteiger charge is -2.28. The van der Waals surface area contributed by atoms with E-state index in [2.05, 4.69) is 48.5 Å². The van der Waals surface area contributed by atoms with Crippen molar-refractivity contribution in [2.75, 3.05) is 23.8 Å². The van der Waals surface area contributed by atoms with Gasteiger partial charge in [-0.25, -0.2) is 0 Å². The first-order chi connectivity index (χ1) is 10.1.